The van der Waals surface area contributed by atoms with E-state index in [0.717, 1.165) is 12.8 Å². The predicted octanol–water partition coefficient (Wildman–Crippen LogP) is 0.256. The minimum atomic E-state index is -0.254. The number of likely N-dealkylation sites (N-methyl/N-ethyl adjacent to an activating group) is 1. The fourth-order valence-electron chi connectivity index (χ4n) is 2.81. The average molecular weight is 253 g/mol. The number of hydrogen-bond acceptors (Lipinski definition) is 3. The summed E-state index contributed by atoms with van der Waals surface area (Å²) in [5.74, 6) is 0.0815. The van der Waals surface area contributed by atoms with Crippen molar-refractivity contribution in [2.45, 2.75) is 50.6 Å². The number of carbonyl (C=O) groups excluding carboxylic acids is 2. The van der Waals surface area contributed by atoms with Gasteiger partial charge >= 0.3 is 0 Å². The van der Waals surface area contributed by atoms with Gasteiger partial charge in [0.2, 0.25) is 11.8 Å². The van der Waals surface area contributed by atoms with Gasteiger partial charge in [0.1, 0.15) is 6.04 Å². The zero-order valence-corrected chi connectivity index (χ0v) is 11.1. The van der Waals surface area contributed by atoms with E-state index in [4.69, 9.17) is 0 Å². The van der Waals surface area contributed by atoms with Gasteiger partial charge in [0.25, 0.3) is 0 Å². The highest BCUT2D eigenvalue weighted by Crippen LogP contribution is 2.21. The molecule has 5 nitrogen and oxygen atoms in total. The van der Waals surface area contributed by atoms with Crippen molar-refractivity contribution in [2.24, 2.45) is 0 Å². The lowest BCUT2D eigenvalue weighted by molar-refractivity contribution is -0.135. The molecule has 5 heteroatoms. The summed E-state index contributed by atoms with van der Waals surface area (Å²) in [4.78, 5) is 25.3. The van der Waals surface area contributed by atoms with Gasteiger partial charge in [0, 0.05) is 19.6 Å². The van der Waals surface area contributed by atoms with Crippen molar-refractivity contribution in [3.8, 4) is 0 Å². The SMILES string of the molecule is CN(C(=O)C1CNC(=O)CN1)C1CCCCCC1. The van der Waals surface area contributed by atoms with Gasteiger partial charge in [-0.15, -0.1) is 0 Å². The number of nitrogens with one attached hydrogen (secondary N) is 2. The molecule has 0 bridgehead atoms. The summed E-state index contributed by atoms with van der Waals surface area (Å²) < 4.78 is 0. The monoisotopic (exact) mass is 253 g/mol. The fraction of sp³-hybridized carbons (Fsp3) is 0.846. The van der Waals surface area contributed by atoms with Crippen LogP contribution in [0.15, 0.2) is 0 Å². The van der Waals surface area contributed by atoms with Gasteiger partial charge in [-0.25, -0.2) is 0 Å². The molecule has 2 fully saturated rings. The van der Waals surface area contributed by atoms with E-state index >= 15 is 0 Å². The van der Waals surface area contributed by atoms with Crippen molar-refractivity contribution in [3.63, 3.8) is 0 Å². The first kappa shape index (κ1) is 13.3. The molecule has 0 aromatic heterocycles. The molecular weight excluding hydrogens is 230 g/mol. The first-order valence-electron chi connectivity index (χ1n) is 6.95. The Bertz CT molecular complexity index is 301. The second-order valence-corrected chi connectivity index (χ2v) is 5.33. The molecule has 2 aliphatic rings. The summed E-state index contributed by atoms with van der Waals surface area (Å²) >= 11 is 0. The summed E-state index contributed by atoms with van der Waals surface area (Å²) in [5, 5.41) is 5.74. The number of rotatable bonds is 2. The second-order valence-electron chi connectivity index (χ2n) is 5.33. The molecule has 0 aromatic carbocycles. The summed E-state index contributed by atoms with van der Waals surface area (Å²) in [7, 11) is 1.90. The molecule has 2 rings (SSSR count). The van der Waals surface area contributed by atoms with E-state index in [-0.39, 0.29) is 24.4 Å². The van der Waals surface area contributed by atoms with Gasteiger partial charge in [-0.05, 0) is 12.8 Å². The third-order valence-corrected chi connectivity index (χ3v) is 4.03. The second kappa shape index (κ2) is 6.18. The van der Waals surface area contributed by atoms with Crippen LogP contribution in [-0.2, 0) is 9.59 Å². The normalized spacial score (nSPS) is 26.3. The molecule has 2 N–H and O–H groups in total. The molecule has 18 heavy (non-hydrogen) atoms. The highest BCUT2D eigenvalue weighted by atomic mass is 16.2. The van der Waals surface area contributed by atoms with E-state index in [1.807, 2.05) is 11.9 Å². The van der Waals surface area contributed by atoms with Gasteiger partial charge in [0.15, 0.2) is 0 Å². The first-order valence-corrected chi connectivity index (χ1v) is 6.95. The van der Waals surface area contributed by atoms with Crippen LogP contribution in [-0.4, -0.2) is 48.9 Å². The average Bonchev–Trinajstić information content (AvgIpc) is 2.67. The van der Waals surface area contributed by atoms with Crippen molar-refractivity contribution in [1.29, 1.82) is 0 Å². The Hall–Kier alpha value is -1.10. The topological polar surface area (TPSA) is 61.4 Å². The van der Waals surface area contributed by atoms with Crippen LogP contribution in [0.3, 0.4) is 0 Å². The van der Waals surface area contributed by atoms with E-state index in [1.165, 1.54) is 25.7 Å². The van der Waals surface area contributed by atoms with Gasteiger partial charge in [-0.2, -0.15) is 0 Å². The third-order valence-electron chi connectivity index (χ3n) is 4.03. The summed E-state index contributed by atoms with van der Waals surface area (Å²) in [6.45, 7) is 0.656. The number of hydrogen-bond donors (Lipinski definition) is 2. The standard InChI is InChI=1S/C13H23N3O2/c1-16(10-6-4-2-3-5-7-10)13(18)11-8-15-12(17)9-14-11/h10-11,14H,2-9H2,1H3,(H,15,17). The third kappa shape index (κ3) is 3.22. The van der Waals surface area contributed by atoms with Crippen molar-refractivity contribution in [2.75, 3.05) is 20.1 Å². The van der Waals surface area contributed by atoms with Crippen molar-refractivity contribution in [1.82, 2.24) is 15.5 Å². The van der Waals surface area contributed by atoms with Gasteiger partial charge in [0.05, 0.1) is 6.54 Å². The van der Waals surface area contributed by atoms with Crippen LogP contribution < -0.4 is 10.6 Å². The molecule has 1 unspecified atom stereocenters. The fourth-order valence-corrected chi connectivity index (χ4v) is 2.81. The number of piperazine rings is 1. The largest absolute Gasteiger partial charge is 0.353 e. The van der Waals surface area contributed by atoms with Crippen LogP contribution in [0.5, 0.6) is 0 Å². The Kier molecular flexibility index (Phi) is 4.58. The summed E-state index contributed by atoms with van der Waals surface area (Å²) in [6, 6.07) is 0.121. The highest BCUT2D eigenvalue weighted by molar-refractivity contribution is 5.86. The van der Waals surface area contributed by atoms with Crippen molar-refractivity contribution < 1.29 is 9.59 Å². The van der Waals surface area contributed by atoms with E-state index < -0.39 is 0 Å². The van der Waals surface area contributed by atoms with Crippen molar-refractivity contribution in [3.05, 3.63) is 0 Å². The van der Waals surface area contributed by atoms with Crippen LogP contribution in [0, 0.1) is 0 Å². The van der Waals surface area contributed by atoms with E-state index in [9.17, 15) is 9.59 Å². The molecule has 1 saturated carbocycles. The van der Waals surface area contributed by atoms with Crippen molar-refractivity contribution >= 4 is 11.8 Å². The molecule has 1 aliphatic carbocycles. The lowest BCUT2D eigenvalue weighted by Crippen LogP contribution is -2.59. The Morgan fingerprint density at radius 3 is 2.44 bits per heavy atom. The molecular formula is C13H23N3O2. The van der Waals surface area contributed by atoms with Gasteiger partial charge in [-0.1, -0.05) is 25.7 Å². The van der Waals surface area contributed by atoms with E-state index in [1.54, 1.807) is 0 Å². The lowest BCUT2D eigenvalue weighted by Gasteiger charge is -2.32. The smallest absolute Gasteiger partial charge is 0.241 e. The molecule has 0 radical (unpaired) electrons. The van der Waals surface area contributed by atoms with Crippen LogP contribution >= 0.6 is 0 Å². The zero-order chi connectivity index (χ0) is 13.0. The maximum atomic E-state index is 12.3. The van der Waals surface area contributed by atoms with Crippen LogP contribution in [0.2, 0.25) is 0 Å². The molecule has 1 heterocycles. The zero-order valence-electron chi connectivity index (χ0n) is 11.1. The molecule has 1 aliphatic heterocycles. The Labute approximate surface area is 108 Å². The highest BCUT2D eigenvalue weighted by Gasteiger charge is 2.29. The van der Waals surface area contributed by atoms with Gasteiger partial charge in [-0.3, -0.25) is 14.9 Å². The molecule has 0 spiro atoms. The van der Waals surface area contributed by atoms with Crippen LogP contribution in [0.1, 0.15) is 38.5 Å². The molecule has 1 saturated heterocycles. The number of amides is 2. The van der Waals surface area contributed by atoms with E-state index in [0.29, 0.717) is 12.6 Å². The Balaban J connectivity index is 1.88. The van der Waals surface area contributed by atoms with Gasteiger partial charge < -0.3 is 10.2 Å². The quantitative estimate of drug-likeness (QED) is 0.694. The maximum absolute atomic E-state index is 12.3. The summed E-state index contributed by atoms with van der Waals surface area (Å²) in [6.07, 6.45) is 7.24. The molecule has 1 atom stereocenters. The Morgan fingerprint density at radius 2 is 1.89 bits per heavy atom. The minimum Gasteiger partial charge on any atom is -0.353 e. The number of carbonyl (C=O) groups is 2. The van der Waals surface area contributed by atoms with Crippen LogP contribution in [0.25, 0.3) is 0 Å². The first-order chi connectivity index (χ1) is 8.68. The molecule has 2 amide bonds. The van der Waals surface area contributed by atoms with E-state index in [2.05, 4.69) is 10.6 Å². The summed E-state index contributed by atoms with van der Waals surface area (Å²) in [5.41, 5.74) is 0. The Morgan fingerprint density at radius 1 is 1.22 bits per heavy atom. The minimum absolute atomic E-state index is 0.0313. The predicted molar refractivity (Wildman–Crippen MR) is 69.1 cm³/mol. The molecule has 102 valence electrons. The molecule has 0 aromatic rings. The lowest BCUT2D eigenvalue weighted by atomic mass is 10.1. The maximum Gasteiger partial charge on any atom is 0.241 e. The number of nitrogens with zero attached hydrogens (tertiary/aromatic N) is 1. The van der Waals surface area contributed by atoms with Crippen LogP contribution in [0.4, 0.5) is 0 Å².